The van der Waals surface area contributed by atoms with E-state index in [1.54, 1.807) is 6.33 Å². The quantitative estimate of drug-likeness (QED) is 0.832. The largest absolute Gasteiger partial charge is 0.391 e. The van der Waals surface area contributed by atoms with E-state index >= 15 is 0 Å². The number of benzene rings is 1. The van der Waals surface area contributed by atoms with Crippen LogP contribution in [0.4, 0.5) is 0 Å². The van der Waals surface area contributed by atoms with Crippen LogP contribution in [-0.4, -0.2) is 20.8 Å². The highest BCUT2D eigenvalue weighted by atomic mass is 16.3. The van der Waals surface area contributed by atoms with Crippen molar-refractivity contribution in [1.82, 2.24) is 9.55 Å². The molecule has 0 aliphatic carbocycles. The van der Waals surface area contributed by atoms with Gasteiger partial charge in [-0.15, -0.1) is 0 Å². The van der Waals surface area contributed by atoms with E-state index in [9.17, 15) is 5.11 Å². The molecule has 3 heteroatoms. The van der Waals surface area contributed by atoms with Crippen molar-refractivity contribution in [1.29, 1.82) is 0 Å². The van der Waals surface area contributed by atoms with Crippen LogP contribution in [0.5, 0.6) is 0 Å². The van der Waals surface area contributed by atoms with Gasteiger partial charge in [0.15, 0.2) is 0 Å². The van der Waals surface area contributed by atoms with E-state index in [1.807, 2.05) is 25.3 Å². The molecule has 1 aliphatic heterocycles. The number of aliphatic hydroxyl groups is 1. The second-order valence-corrected chi connectivity index (χ2v) is 4.19. The summed E-state index contributed by atoms with van der Waals surface area (Å²) >= 11 is 0. The van der Waals surface area contributed by atoms with Crippen LogP contribution in [0.3, 0.4) is 0 Å². The minimum atomic E-state index is -0.350. The van der Waals surface area contributed by atoms with Crippen molar-refractivity contribution in [3.05, 3.63) is 42.4 Å². The molecule has 1 aromatic heterocycles. The summed E-state index contributed by atoms with van der Waals surface area (Å²) in [5, 5.41) is 10.1. The summed E-state index contributed by atoms with van der Waals surface area (Å²) in [6.07, 6.45) is 4.06. The SMILES string of the molecule is CC[C@@H](O)C1c2ccccc2-c2cncn21. The van der Waals surface area contributed by atoms with Gasteiger partial charge in [0.25, 0.3) is 0 Å². The number of imidazole rings is 1. The van der Waals surface area contributed by atoms with Gasteiger partial charge in [-0.05, 0) is 12.0 Å². The minimum absolute atomic E-state index is 0.0266. The lowest BCUT2D eigenvalue weighted by atomic mass is 9.98. The summed E-state index contributed by atoms with van der Waals surface area (Å²) in [6.45, 7) is 2.00. The van der Waals surface area contributed by atoms with Crippen LogP contribution in [0.25, 0.3) is 11.3 Å². The second kappa shape index (κ2) is 3.46. The molecule has 1 N–H and O–H groups in total. The number of aromatic nitrogens is 2. The Kier molecular flexibility index (Phi) is 2.07. The molecule has 1 unspecified atom stereocenters. The van der Waals surface area contributed by atoms with Gasteiger partial charge < -0.3 is 9.67 Å². The van der Waals surface area contributed by atoms with E-state index in [-0.39, 0.29) is 12.1 Å². The average molecular weight is 214 g/mol. The molecule has 16 heavy (non-hydrogen) atoms. The van der Waals surface area contributed by atoms with Crippen LogP contribution in [0.2, 0.25) is 0 Å². The summed E-state index contributed by atoms with van der Waals surface area (Å²) < 4.78 is 2.07. The van der Waals surface area contributed by atoms with E-state index < -0.39 is 0 Å². The predicted molar refractivity (Wildman–Crippen MR) is 62.1 cm³/mol. The molecule has 0 saturated carbocycles. The topological polar surface area (TPSA) is 38.1 Å². The lowest BCUT2D eigenvalue weighted by Crippen LogP contribution is -2.21. The van der Waals surface area contributed by atoms with Crippen molar-refractivity contribution in [3.63, 3.8) is 0 Å². The van der Waals surface area contributed by atoms with E-state index in [1.165, 1.54) is 11.1 Å². The zero-order chi connectivity index (χ0) is 11.1. The van der Waals surface area contributed by atoms with Crippen LogP contribution < -0.4 is 0 Å². The smallest absolute Gasteiger partial charge is 0.0957 e. The Labute approximate surface area is 94.4 Å². The van der Waals surface area contributed by atoms with E-state index in [0.29, 0.717) is 0 Å². The predicted octanol–water partition coefficient (Wildman–Crippen LogP) is 2.22. The lowest BCUT2D eigenvalue weighted by molar-refractivity contribution is 0.129. The second-order valence-electron chi connectivity index (χ2n) is 4.19. The molecule has 0 amide bonds. The van der Waals surface area contributed by atoms with Crippen molar-refractivity contribution in [2.24, 2.45) is 0 Å². The van der Waals surface area contributed by atoms with Crippen molar-refractivity contribution >= 4 is 0 Å². The van der Waals surface area contributed by atoms with Crippen LogP contribution >= 0.6 is 0 Å². The molecular weight excluding hydrogens is 200 g/mol. The van der Waals surface area contributed by atoms with E-state index in [2.05, 4.69) is 21.7 Å². The van der Waals surface area contributed by atoms with Gasteiger partial charge in [0.1, 0.15) is 0 Å². The van der Waals surface area contributed by atoms with Crippen LogP contribution in [0, 0.1) is 0 Å². The number of nitrogens with zero attached hydrogens (tertiary/aromatic N) is 2. The molecule has 0 bridgehead atoms. The number of fused-ring (bicyclic) bond motifs is 3. The van der Waals surface area contributed by atoms with Gasteiger partial charge in [-0.25, -0.2) is 4.98 Å². The first-order valence-electron chi connectivity index (χ1n) is 5.62. The monoisotopic (exact) mass is 214 g/mol. The van der Waals surface area contributed by atoms with Crippen LogP contribution in [-0.2, 0) is 0 Å². The first kappa shape index (κ1) is 9.60. The highest BCUT2D eigenvalue weighted by molar-refractivity contribution is 5.69. The summed E-state index contributed by atoms with van der Waals surface area (Å²) in [7, 11) is 0. The molecule has 0 fully saturated rings. The maximum atomic E-state index is 10.1. The Morgan fingerprint density at radius 2 is 2.25 bits per heavy atom. The molecule has 2 heterocycles. The maximum Gasteiger partial charge on any atom is 0.0957 e. The third-order valence-corrected chi connectivity index (χ3v) is 3.30. The molecule has 2 atom stereocenters. The third kappa shape index (κ3) is 1.15. The summed E-state index contributed by atoms with van der Waals surface area (Å²) in [6, 6.07) is 8.25. The van der Waals surface area contributed by atoms with Gasteiger partial charge in [-0.1, -0.05) is 31.2 Å². The molecule has 2 aromatic rings. The summed E-state index contributed by atoms with van der Waals surface area (Å²) in [5.74, 6) is 0. The molecular formula is C13H14N2O. The normalized spacial score (nSPS) is 19.2. The molecule has 3 rings (SSSR count). The fourth-order valence-electron chi connectivity index (χ4n) is 2.49. The third-order valence-electron chi connectivity index (χ3n) is 3.30. The highest BCUT2D eigenvalue weighted by Crippen LogP contribution is 2.40. The minimum Gasteiger partial charge on any atom is -0.391 e. The Bertz CT molecular complexity index is 518. The van der Waals surface area contributed by atoms with Crippen molar-refractivity contribution in [2.45, 2.75) is 25.5 Å². The zero-order valence-corrected chi connectivity index (χ0v) is 9.17. The molecule has 82 valence electrons. The number of aliphatic hydroxyl groups excluding tert-OH is 1. The number of rotatable bonds is 2. The van der Waals surface area contributed by atoms with Crippen LogP contribution in [0.1, 0.15) is 24.9 Å². The molecule has 0 saturated heterocycles. The standard InChI is InChI=1S/C13H14N2O/c1-2-12(16)13-10-6-4-3-5-9(10)11-7-14-8-15(11)13/h3-8,12-13,16H,2H2,1H3/t12-,13?/m1/s1. The lowest BCUT2D eigenvalue weighted by Gasteiger charge is -2.19. The van der Waals surface area contributed by atoms with Gasteiger partial charge in [0.05, 0.1) is 30.4 Å². The van der Waals surface area contributed by atoms with Gasteiger partial charge in [0, 0.05) is 5.56 Å². The molecule has 3 nitrogen and oxygen atoms in total. The number of hydrogen-bond donors (Lipinski definition) is 1. The first-order valence-corrected chi connectivity index (χ1v) is 5.62. The van der Waals surface area contributed by atoms with Crippen molar-refractivity contribution in [3.8, 4) is 11.3 Å². The average Bonchev–Trinajstić information content (AvgIpc) is 2.87. The molecule has 1 aliphatic rings. The molecule has 0 spiro atoms. The number of hydrogen-bond acceptors (Lipinski definition) is 2. The Balaban J connectivity index is 2.21. The maximum absolute atomic E-state index is 10.1. The zero-order valence-electron chi connectivity index (χ0n) is 9.17. The summed E-state index contributed by atoms with van der Waals surface area (Å²) in [5.41, 5.74) is 3.50. The summed E-state index contributed by atoms with van der Waals surface area (Å²) in [4.78, 5) is 4.16. The Morgan fingerprint density at radius 3 is 3.06 bits per heavy atom. The van der Waals surface area contributed by atoms with E-state index in [0.717, 1.165) is 12.1 Å². The van der Waals surface area contributed by atoms with E-state index in [4.69, 9.17) is 0 Å². The van der Waals surface area contributed by atoms with Gasteiger partial charge >= 0.3 is 0 Å². The highest BCUT2D eigenvalue weighted by Gasteiger charge is 2.32. The van der Waals surface area contributed by atoms with Crippen molar-refractivity contribution < 1.29 is 5.11 Å². The first-order chi connectivity index (χ1) is 7.83. The molecule has 1 aromatic carbocycles. The van der Waals surface area contributed by atoms with Gasteiger partial charge in [-0.2, -0.15) is 0 Å². The van der Waals surface area contributed by atoms with Crippen molar-refractivity contribution in [2.75, 3.05) is 0 Å². The Hall–Kier alpha value is -1.61. The Morgan fingerprint density at radius 1 is 1.44 bits per heavy atom. The fraction of sp³-hybridized carbons (Fsp3) is 0.308. The van der Waals surface area contributed by atoms with Crippen LogP contribution in [0.15, 0.2) is 36.8 Å². The van der Waals surface area contributed by atoms with Gasteiger partial charge in [0.2, 0.25) is 0 Å². The van der Waals surface area contributed by atoms with Gasteiger partial charge in [-0.3, -0.25) is 0 Å². The fourth-order valence-corrected chi connectivity index (χ4v) is 2.49. The molecule has 0 radical (unpaired) electrons.